The third-order valence-corrected chi connectivity index (χ3v) is 2.23. The van der Waals surface area contributed by atoms with Crippen LogP contribution >= 0.6 is 0 Å². The van der Waals surface area contributed by atoms with Crippen molar-refractivity contribution in [3.8, 4) is 0 Å². The van der Waals surface area contributed by atoms with E-state index in [1.807, 2.05) is 0 Å². The minimum absolute atomic E-state index is 0. The molecule has 0 spiro atoms. The van der Waals surface area contributed by atoms with Crippen molar-refractivity contribution in [3.63, 3.8) is 0 Å². The van der Waals surface area contributed by atoms with Crippen LogP contribution in [0, 0.1) is 0 Å². The molecular formula is C10H20LiN. The molecule has 0 aromatic carbocycles. The van der Waals surface area contributed by atoms with Crippen molar-refractivity contribution in [2.45, 2.75) is 39.2 Å². The van der Waals surface area contributed by atoms with Gasteiger partial charge in [0.2, 0.25) is 0 Å². The first kappa shape index (κ1) is 12.3. The van der Waals surface area contributed by atoms with E-state index in [0.29, 0.717) is 0 Å². The maximum atomic E-state index is 2.58. The van der Waals surface area contributed by atoms with Crippen molar-refractivity contribution >= 4 is 0 Å². The van der Waals surface area contributed by atoms with Crippen LogP contribution in [0.4, 0.5) is 0 Å². The van der Waals surface area contributed by atoms with Crippen LogP contribution in [0.3, 0.4) is 0 Å². The van der Waals surface area contributed by atoms with E-state index in [2.05, 4.69) is 30.9 Å². The molecular weight excluding hydrogens is 141 g/mol. The minimum atomic E-state index is 0. The zero-order valence-corrected chi connectivity index (χ0v) is 8.71. The summed E-state index contributed by atoms with van der Waals surface area (Å²) in [7, 11) is 0. The molecule has 0 N–H and O–H groups in total. The summed E-state index contributed by atoms with van der Waals surface area (Å²) in [4.78, 5) is 2.58. The quantitative estimate of drug-likeness (QED) is 0.390. The van der Waals surface area contributed by atoms with Crippen molar-refractivity contribution in [2.75, 3.05) is 13.1 Å². The Balaban J connectivity index is 0. The van der Waals surface area contributed by atoms with Crippen LogP contribution in [-0.4, -0.2) is 24.0 Å². The second-order valence-electron chi connectivity index (χ2n) is 3.27. The fraction of sp³-hybridized carbons (Fsp3) is 0.800. The summed E-state index contributed by atoms with van der Waals surface area (Å²) in [6.07, 6.45) is 8.43. The maximum Gasteiger partial charge on any atom is 1.00 e. The van der Waals surface area contributed by atoms with E-state index in [-0.39, 0.29) is 20.3 Å². The summed E-state index contributed by atoms with van der Waals surface area (Å²) in [5.74, 6) is 0. The van der Waals surface area contributed by atoms with Crippen molar-refractivity contribution in [1.29, 1.82) is 0 Å². The molecule has 0 saturated heterocycles. The Morgan fingerprint density at radius 2 is 1.83 bits per heavy atom. The number of rotatable bonds is 5. The Labute approximate surface area is 89.9 Å². The van der Waals surface area contributed by atoms with E-state index in [0.717, 1.165) is 6.04 Å². The second-order valence-corrected chi connectivity index (χ2v) is 3.27. The molecule has 0 heterocycles. The average molecular weight is 161 g/mol. The Bertz CT molecular complexity index is 133. The minimum Gasteiger partial charge on any atom is -1.00 e. The summed E-state index contributed by atoms with van der Waals surface area (Å²) in [6.45, 7) is 7.04. The number of nitrogens with zero attached hydrogens (tertiary/aromatic N) is 1. The topological polar surface area (TPSA) is 3.24 Å². The van der Waals surface area contributed by atoms with E-state index >= 15 is 0 Å². The molecule has 1 aliphatic carbocycles. The molecule has 0 aromatic heterocycles. The van der Waals surface area contributed by atoms with Crippen LogP contribution in [0.15, 0.2) is 12.2 Å². The smallest absolute Gasteiger partial charge is 1.00 e. The maximum absolute atomic E-state index is 2.58. The van der Waals surface area contributed by atoms with E-state index in [4.69, 9.17) is 0 Å². The Kier molecular flexibility index (Phi) is 6.94. The molecule has 0 aliphatic heterocycles. The molecule has 0 saturated carbocycles. The average Bonchev–Trinajstić information content (AvgIpc) is 1.85. The second kappa shape index (κ2) is 6.77. The first-order valence-electron chi connectivity index (χ1n) is 4.79. The zero-order chi connectivity index (χ0) is 8.10. The molecule has 0 bridgehead atoms. The van der Waals surface area contributed by atoms with Gasteiger partial charge in [-0.3, -0.25) is 4.90 Å². The zero-order valence-electron chi connectivity index (χ0n) is 9.71. The molecule has 1 nitrogen and oxygen atoms in total. The molecule has 12 heavy (non-hydrogen) atoms. The van der Waals surface area contributed by atoms with E-state index < -0.39 is 0 Å². The Hall–Kier alpha value is 0.297. The molecule has 0 aromatic rings. The fourth-order valence-electron chi connectivity index (χ4n) is 1.55. The van der Waals surface area contributed by atoms with Gasteiger partial charge in [0.05, 0.1) is 0 Å². The summed E-state index contributed by atoms with van der Waals surface area (Å²) in [5, 5.41) is 0. The predicted molar refractivity (Wildman–Crippen MR) is 50.8 cm³/mol. The van der Waals surface area contributed by atoms with Gasteiger partial charge in [-0.15, -0.1) is 0 Å². The third kappa shape index (κ3) is 3.35. The molecule has 2 heteroatoms. The molecule has 1 atom stereocenters. The van der Waals surface area contributed by atoms with Crippen molar-refractivity contribution < 1.29 is 20.3 Å². The molecule has 66 valence electrons. The van der Waals surface area contributed by atoms with Crippen molar-refractivity contribution in [2.24, 2.45) is 0 Å². The van der Waals surface area contributed by atoms with E-state index in [1.54, 1.807) is 0 Å². The molecule has 1 unspecified atom stereocenters. The van der Waals surface area contributed by atoms with Gasteiger partial charge in [0.1, 0.15) is 0 Å². The van der Waals surface area contributed by atoms with Crippen LogP contribution in [0.1, 0.15) is 34.5 Å². The largest absolute Gasteiger partial charge is 1.00 e. The molecule has 0 amide bonds. The van der Waals surface area contributed by atoms with Crippen LogP contribution in [0.2, 0.25) is 0 Å². The summed E-state index contributed by atoms with van der Waals surface area (Å²) in [6, 6.07) is 0.773. The number of hydrogen-bond donors (Lipinski definition) is 0. The van der Waals surface area contributed by atoms with Crippen LogP contribution < -0.4 is 18.9 Å². The van der Waals surface area contributed by atoms with Gasteiger partial charge in [0.25, 0.3) is 0 Å². The predicted octanol–water partition coefficient (Wildman–Crippen LogP) is -0.447. The molecule has 1 rings (SSSR count). The van der Waals surface area contributed by atoms with Gasteiger partial charge >= 0.3 is 18.9 Å². The van der Waals surface area contributed by atoms with Gasteiger partial charge in [-0.25, -0.2) is 0 Å². The monoisotopic (exact) mass is 161 g/mol. The fourth-order valence-corrected chi connectivity index (χ4v) is 1.55. The summed E-state index contributed by atoms with van der Waals surface area (Å²) >= 11 is 0. The van der Waals surface area contributed by atoms with E-state index in [1.165, 1.54) is 32.4 Å². The van der Waals surface area contributed by atoms with Crippen LogP contribution in [0.5, 0.6) is 0 Å². The van der Waals surface area contributed by atoms with Crippen molar-refractivity contribution in [3.05, 3.63) is 12.2 Å². The molecule has 1 aliphatic rings. The molecule has 0 radical (unpaired) electrons. The van der Waals surface area contributed by atoms with Gasteiger partial charge in [-0.2, -0.15) is 0 Å². The Morgan fingerprint density at radius 3 is 2.08 bits per heavy atom. The van der Waals surface area contributed by atoms with Crippen molar-refractivity contribution in [1.82, 2.24) is 4.90 Å². The standard InChI is InChI=1S/C10H19N.Li.H/c1-3-8-11(9-4-2)10-6-5-7-10;;/h5-6,10H,3-4,7-9H2,1-2H3;;/q;+1;-1. The first-order chi connectivity index (χ1) is 5.38. The summed E-state index contributed by atoms with van der Waals surface area (Å²) < 4.78 is 0. The molecule has 0 fully saturated rings. The SMILES string of the molecule is CCCN(CCC)C1C=CC1.[H-].[Li+]. The van der Waals surface area contributed by atoms with Gasteiger partial charge < -0.3 is 1.43 Å². The Morgan fingerprint density at radius 1 is 1.33 bits per heavy atom. The van der Waals surface area contributed by atoms with Gasteiger partial charge in [0.15, 0.2) is 0 Å². The van der Waals surface area contributed by atoms with Crippen LogP contribution in [-0.2, 0) is 0 Å². The van der Waals surface area contributed by atoms with Gasteiger partial charge in [0, 0.05) is 6.04 Å². The third-order valence-electron chi connectivity index (χ3n) is 2.23. The van der Waals surface area contributed by atoms with E-state index in [9.17, 15) is 0 Å². The van der Waals surface area contributed by atoms with Gasteiger partial charge in [-0.1, -0.05) is 26.0 Å². The van der Waals surface area contributed by atoms with Gasteiger partial charge in [-0.05, 0) is 32.4 Å². The number of hydrogen-bond acceptors (Lipinski definition) is 1. The summed E-state index contributed by atoms with van der Waals surface area (Å²) in [5.41, 5.74) is 0. The first-order valence-corrected chi connectivity index (χ1v) is 4.79. The normalized spacial score (nSPS) is 20.4. The van der Waals surface area contributed by atoms with Crippen LogP contribution in [0.25, 0.3) is 0 Å².